The summed E-state index contributed by atoms with van der Waals surface area (Å²) in [6, 6.07) is 7.41. The zero-order valence-corrected chi connectivity index (χ0v) is 27.6. The van der Waals surface area contributed by atoms with Crippen LogP contribution in [-0.2, 0) is 0 Å². The summed E-state index contributed by atoms with van der Waals surface area (Å²) in [6.07, 6.45) is 1.55. The molecule has 1 fully saturated rings. The lowest BCUT2D eigenvalue weighted by molar-refractivity contribution is 0.182. The van der Waals surface area contributed by atoms with E-state index in [1.54, 1.807) is 25.9 Å². The van der Waals surface area contributed by atoms with E-state index < -0.39 is 5.69 Å². The third-order valence-electron chi connectivity index (χ3n) is 8.36. The molecule has 3 aromatic heterocycles. The van der Waals surface area contributed by atoms with Crippen molar-refractivity contribution < 1.29 is 9.53 Å². The summed E-state index contributed by atoms with van der Waals surface area (Å²) in [5, 5.41) is 1.05. The molecule has 4 aromatic rings. The van der Waals surface area contributed by atoms with Crippen molar-refractivity contribution in [1.29, 1.82) is 0 Å². The van der Waals surface area contributed by atoms with Crippen LogP contribution in [0.15, 0.2) is 35.4 Å². The summed E-state index contributed by atoms with van der Waals surface area (Å²) in [6.45, 7) is 15.2. The minimum Gasteiger partial charge on any atom is -0.497 e. The van der Waals surface area contributed by atoms with E-state index in [9.17, 15) is 9.59 Å². The van der Waals surface area contributed by atoms with Gasteiger partial charge in [-0.2, -0.15) is 4.98 Å². The molecule has 2 atom stereocenters. The van der Waals surface area contributed by atoms with Gasteiger partial charge in [-0.3, -0.25) is 4.79 Å². The van der Waals surface area contributed by atoms with Crippen LogP contribution in [0.2, 0.25) is 5.02 Å². The second-order valence-electron chi connectivity index (χ2n) is 12.2. The highest BCUT2D eigenvalue weighted by molar-refractivity contribution is 6.57. The van der Waals surface area contributed by atoms with E-state index >= 15 is 0 Å². The lowest BCUT2D eigenvalue weighted by atomic mass is 10.0. The minimum atomic E-state index is -0.483. The quantitative estimate of drug-likeness (QED) is 0.276. The van der Waals surface area contributed by atoms with E-state index in [-0.39, 0.29) is 29.7 Å². The van der Waals surface area contributed by atoms with E-state index in [1.807, 2.05) is 77.6 Å². The Kier molecular flexibility index (Phi) is 8.71. The molecule has 0 unspecified atom stereocenters. The van der Waals surface area contributed by atoms with Gasteiger partial charge >= 0.3 is 5.69 Å². The summed E-state index contributed by atoms with van der Waals surface area (Å²) in [5.41, 5.74) is 4.26. The number of rotatable bonds is 6. The monoisotopic (exact) mass is 615 g/mol. The predicted molar refractivity (Wildman–Crippen MR) is 178 cm³/mol. The first-order valence-corrected chi connectivity index (χ1v) is 15.4. The van der Waals surface area contributed by atoms with Crippen LogP contribution in [0.3, 0.4) is 0 Å². The fourth-order valence-electron chi connectivity index (χ4n) is 6.04. The number of benzene rings is 1. The van der Waals surface area contributed by atoms with E-state index in [0.29, 0.717) is 52.1 Å². The Labute approximate surface area is 263 Å². The maximum atomic E-state index is 14.3. The second kappa shape index (κ2) is 12.2. The van der Waals surface area contributed by atoms with Gasteiger partial charge in [0.15, 0.2) is 11.5 Å². The number of hydrogen-bond donors (Lipinski definition) is 0. The third-order valence-corrected chi connectivity index (χ3v) is 8.65. The van der Waals surface area contributed by atoms with Crippen molar-refractivity contribution in [3.63, 3.8) is 0 Å². The summed E-state index contributed by atoms with van der Waals surface area (Å²) < 4.78 is 7.07. The second-order valence-corrected chi connectivity index (χ2v) is 12.7. The molecule has 1 aromatic carbocycles. The van der Waals surface area contributed by atoms with E-state index in [1.165, 1.54) is 0 Å². The van der Waals surface area contributed by atoms with Crippen LogP contribution >= 0.6 is 11.6 Å². The molecule has 0 spiro atoms. The van der Waals surface area contributed by atoms with Crippen LogP contribution in [0.5, 0.6) is 5.75 Å². The lowest BCUT2D eigenvalue weighted by Gasteiger charge is -2.44. The van der Waals surface area contributed by atoms with Crippen LogP contribution in [-0.4, -0.2) is 75.3 Å². The highest BCUT2D eigenvalue weighted by Gasteiger charge is 2.34. The number of methoxy groups -OCH3 is 1. The van der Waals surface area contributed by atoms with Gasteiger partial charge in [0.25, 0.3) is 0 Å². The minimum absolute atomic E-state index is 0.0000520. The molecule has 4 heterocycles. The first-order valence-electron chi connectivity index (χ1n) is 15.0. The summed E-state index contributed by atoms with van der Waals surface area (Å²) in [7, 11) is 3.20. The van der Waals surface area contributed by atoms with Gasteiger partial charge in [0.05, 0.1) is 40.3 Å². The topological polar surface area (TPSA) is 106 Å². The molecule has 10 nitrogen and oxygen atoms in total. The van der Waals surface area contributed by atoms with E-state index in [0.717, 1.165) is 22.5 Å². The summed E-state index contributed by atoms with van der Waals surface area (Å²) in [4.78, 5) is 49.7. The van der Waals surface area contributed by atoms with Crippen LogP contribution in [0.25, 0.3) is 28.0 Å². The lowest BCUT2D eigenvalue weighted by Crippen LogP contribution is -2.58. The van der Waals surface area contributed by atoms with Gasteiger partial charge in [-0.25, -0.2) is 24.3 Å². The zero-order valence-electron chi connectivity index (χ0n) is 26.8. The maximum Gasteiger partial charge on any atom is 0.355 e. The number of ether oxygens (including phenoxy) is 1. The molecule has 0 saturated carbocycles. The largest absolute Gasteiger partial charge is 0.497 e. The molecule has 5 rings (SSSR count). The van der Waals surface area contributed by atoms with Gasteiger partial charge in [-0.15, -0.1) is 0 Å². The number of fused-ring (bicyclic) bond motifs is 1. The van der Waals surface area contributed by atoms with Crippen LogP contribution in [0.4, 0.5) is 10.6 Å². The zero-order chi connectivity index (χ0) is 32.0. The fourth-order valence-corrected chi connectivity index (χ4v) is 6.29. The van der Waals surface area contributed by atoms with Crippen molar-refractivity contribution >= 4 is 42.1 Å². The number of aryl methyl sites for hydroxylation is 1. The van der Waals surface area contributed by atoms with Crippen molar-refractivity contribution in [3.05, 3.63) is 63.1 Å². The average Bonchev–Trinajstić information content (AvgIpc) is 2.97. The number of piperazine rings is 1. The Balaban J connectivity index is 1.89. The molecule has 44 heavy (non-hydrogen) atoms. The Hall–Kier alpha value is -3.99. The SMILES string of the molecule is BC(=O)N1C[C@H](C)N(c2nc(=O)n(-c3c(C(C)C)ncnc3C(C)C)c3nc(-c4cc(OC)ccc4C)c(Cl)cc23)C[C@H]1C. The predicted octanol–water partition coefficient (Wildman–Crippen LogP) is 5.11. The number of pyridine rings is 1. The number of halogens is 1. The van der Waals surface area contributed by atoms with Gasteiger partial charge in [-0.1, -0.05) is 45.4 Å². The highest BCUT2D eigenvalue weighted by atomic mass is 35.5. The van der Waals surface area contributed by atoms with E-state index in [4.69, 9.17) is 26.3 Å². The molecule has 0 bridgehead atoms. The number of carbonyl (C=O) groups is 1. The molecular formula is C32H39BClN7O3. The smallest absolute Gasteiger partial charge is 0.355 e. The molecule has 230 valence electrons. The molecule has 1 aliphatic rings. The normalized spacial score (nSPS) is 17.2. The van der Waals surface area contributed by atoms with Crippen molar-refractivity contribution in [1.82, 2.24) is 29.4 Å². The van der Waals surface area contributed by atoms with Crippen molar-refractivity contribution in [3.8, 4) is 22.7 Å². The van der Waals surface area contributed by atoms with Gasteiger partial charge in [0, 0.05) is 30.7 Å². The Bertz CT molecular complexity index is 1780. The average molecular weight is 616 g/mol. The first kappa shape index (κ1) is 31.4. The van der Waals surface area contributed by atoms with Gasteiger partial charge in [0.1, 0.15) is 17.9 Å². The van der Waals surface area contributed by atoms with Gasteiger partial charge in [0.2, 0.25) is 7.85 Å². The van der Waals surface area contributed by atoms with Gasteiger partial charge < -0.3 is 14.5 Å². The highest BCUT2D eigenvalue weighted by Crippen LogP contribution is 2.38. The van der Waals surface area contributed by atoms with Crippen LogP contribution in [0, 0.1) is 6.92 Å². The first-order chi connectivity index (χ1) is 20.8. The van der Waals surface area contributed by atoms with Crippen LogP contribution in [0.1, 0.15) is 70.3 Å². The standard InChI is InChI=1S/C32H39BClN7O3/c1-16(2)25-28(26(17(3)4)36-15-35-25)41-30-23(12-24(34)27(37-30)22-11-21(44-8)10-9-18(22)5)29(38-32(41)43)39-13-20(7)40(31(33)42)14-19(39)6/h9-12,15-17,19-20H,13-14,33H2,1-8H3/t19-,20+/m0/s1. The number of anilines is 1. The molecule has 0 aliphatic carbocycles. The molecule has 0 radical (unpaired) electrons. The summed E-state index contributed by atoms with van der Waals surface area (Å²) >= 11 is 7.03. The summed E-state index contributed by atoms with van der Waals surface area (Å²) in [5.74, 6) is 1.18. The van der Waals surface area contributed by atoms with Gasteiger partial charge in [-0.05, 0) is 56.4 Å². The Morgan fingerprint density at radius 1 is 1.02 bits per heavy atom. The molecule has 1 saturated heterocycles. The molecule has 1 aliphatic heterocycles. The Morgan fingerprint density at radius 3 is 2.27 bits per heavy atom. The van der Waals surface area contributed by atoms with E-state index in [2.05, 4.69) is 14.9 Å². The molecule has 12 heteroatoms. The number of carbonyl (C=O) groups excluding carboxylic acids is 1. The Morgan fingerprint density at radius 2 is 1.68 bits per heavy atom. The molecule has 0 N–H and O–H groups in total. The third kappa shape index (κ3) is 5.53. The molecular weight excluding hydrogens is 577 g/mol. The van der Waals surface area contributed by atoms with Crippen molar-refractivity contribution in [2.24, 2.45) is 0 Å². The van der Waals surface area contributed by atoms with Crippen LogP contribution < -0.4 is 15.3 Å². The molecule has 1 amide bonds. The van der Waals surface area contributed by atoms with Crippen molar-refractivity contribution in [2.75, 3.05) is 25.1 Å². The number of amides is 1. The number of nitrogens with zero attached hydrogens (tertiary/aromatic N) is 7. The number of aromatic nitrogens is 5. The van der Waals surface area contributed by atoms with Crippen molar-refractivity contribution in [2.45, 2.75) is 72.4 Å². The fraction of sp³-hybridized carbons (Fsp3) is 0.438. The maximum absolute atomic E-state index is 14.3. The number of hydrogen-bond acceptors (Lipinski definition) is 8.